The van der Waals surface area contributed by atoms with Crippen LogP contribution in [0.4, 0.5) is 0 Å². The zero-order chi connectivity index (χ0) is 3.58. The first-order valence-corrected chi connectivity index (χ1v) is 1.34. The lowest BCUT2D eigenvalue weighted by Gasteiger charge is -1.90. The van der Waals surface area contributed by atoms with Crippen molar-refractivity contribution >= 4 is 26.9 Å². The van der Waals surface area contributed by atoms with E-state index in [1.165, 1.54) is 0 Å². The van der Waals surface area contributed by atoms with E-state index in [0.717, 1.165) is 0 Å². The fourth-order valence-corrected chi connectivity index (χ4v) is 0. The SMILES string of the molecule is Br.CN(C)C.P. The van der Waals surface area contributed by atoms with Crippen LogP contribution in [-0.2, 0) is 0 Å². The first-order valence-electron chi connectivity index (χ1n) is 1.34. The van der Waals surface area contributed by atoms with Crippen molar-refractivity contribution in [1.29, 1.82) is 0 Å². The van der Waals surface area contributed by atoms with E-state index in [-0.39, 0.29) is 26.9 Å². The lowest BCUT2D eigenvalue weighted by atomic mass is 11.0. The monoisotopic (exact) mass is 173 g/mol. The summed E-state index contributed by atoms with van der Waals surface area (Å²) in [6.07, 6.45) is 0. The van der Waals surface area contributed by atoms with Gasteiger partial charge >= 0.3 is 0 Å². The minimum Gasteiger partial charge on any atom is -0.312 e. The van der Waals surface area contributed by atoms with E-state index in [4.69, 9.17) is 0 Å². The third-order valence-electron chi connectivity index (χ3n) is 0. The molecule has 1 nitrogen and oxygen atoms in total. The van der Waals surface area contributed by atoms with Crippen LogP contribution in [0.5, 0.6) is 0 Å². The van der Waals surface area contributed by atoms with Gasteiger partial charge < -0.3 is 4.90 Å². The van der Waals surface area contributed by atoms with Gasteiger partial charge in [0.25, 0.3) is 0 Å². The van der Waals surface area contributed by atoms with Crippen molar-refractivity contribution in [1.82, 2.24) is 4.90 Å². The van der Waals surface area contributed by atoms with E-state index >= 15 is 0 Å². The minimum atomic E-state index is 0. The van der Waals surface area contributed by atoms with Gasteiger partial charge in [-0.05, 0) is 21.1 Å². The van der Waals surface area contributed by atoms with Crippen LogP contribution in [0.2, 0.25) is 0 Å². The summed E-state index contributed by atoms with van der Waals surface area (Å²) in [5.41, 5.74) is 0. The Kier molecular flexibility index (Phi) is 24.5. The largest absolute Gasteiger partial charge is 0.312 e. The molecule has 1 unspecified atom stereocenters. The molecule has 6 heavy (non-hydrogen) atoms. The Morgan fingerprint density at radius 3 is 1.00 bits per heavy atom. The summed E-state index contributed by atoms with van der Waals surface area (Å²) in [4.78, 5) is 2.00. The maximum atomic E-state index is 2.00. The average Bonchev–Trinajstić information content (AvgIpc) is 0.811. The Labute approximate surface area is 53.5 Å². The molecule has 0 spiro atoms. The normalized spacial score (nSPS) is 6.00. The molecule has 0 saturated carbocycles. The quantitative estimate of drug-likeness (QED) is 0.491. The summed E-state index contributed by atoms with van der Waals surface area (Å²) in [7, 11) is 6.00. The Hall–Kier alpha value is 0.870. The van der Waals surface area contributed by atoms with E-state index in [2.05, 4.69) is 0 Å². The van der Waals surface area contributed by atoms with Crippen molar-refractivity contribution in [2.24, 2.45) is 0 Å². The molecule has 0 aromatic carbocycles. The van der Waals surface area contributed by atoms with Crippen LogP contribution in [0.25, 0.3) is 0 Å². The van der Waals surface area contributed by atoms with Crippen molar-refractivity contribution in [2.45, 2.75) is 0 Å². The molecule has 1 atom stereocenters. The number of rotatable bonds is 0. The summed E-state index contributed by atoms with van der Waals surface area (Å²) in [5.74, 6) is 0. The Morgan fingerprint density at radius 2 is 1.00 bits per heavy atom. The standard InChI is InChI=1S/C3H9N.BrH.H3P/c1-4(2)3;;/h1-3H3;1H;1H3. The maximum Gasteiger partial charge on any atom is -0.0140 e. The second-order valence-electron chi connectivity index (χ2n) is 1.34. The van der Waals surface area contributed by atoms with Crippen LogP contribution < -0.4 is 0 Å². The molecule has 0 saturated heterocycles. The highest BCUT2D eigenvalue weighted by Crippen LogP contribution is 1.47. The smallest absolute Gasteiger partial charge is 0.0140 e. The summed E-state index contributed by atoms with van der Waals surface area (Å²) in [5, 5.41) is 0. The first kappa shape index (κ1) is 15.8. The summed E-state index contributed by atoms with van der Waals surface area (Å²) >= 11 is 0. The molecular formula is C3H13BrNP. The third kappa shape index (κ3) is 96.4. The van der Waals surface area contributed by atoms with Crippen molar-refractivity contribution in [3.05, 3.63) is 0 Å². The molecular weight excluding hydrogens is 161 g/mol. The third-order valence-corrected chi connectivity index (χ3v) is 0. The number of hydrogen-bond donors (Lipinski definition) is 0. The molecule has 0 heterocycles. The highest BCUT2D eigenvalue weighted by atomic mass is 79.9. The molecule has 0 N–H and O–H groups in total. The molecule has 3 heteroatoms. The van der Waals surface area contributed by atoms with Crippen LogP contribution in [0.3, 0.4) is 0 Å². The van der Waals surface area contributed by atoms with Gasteiger partial charge in [-0.25, -0.2) is 0 Å². The van der Waals surface area contributed by atoms with Gasteiger partial charge in [-0.1, -0.05) is 0 Å². The van der Waals surface area contributed by atoms with Crippen molar-refractivity contribution in [3.8, 4) is 0 Å². The number of halogens is 1. The minimum absolute atomic E-state index is 0. The molecule has 42 valence electrons. The Morgan fingerprint density at radius 1 is 1.00 bits per heavy atom. The van der Waals surface area contributed by atoms with Gasteiger partial charge in [0.2, 0.25) is 0 Å². The van der Waals surface area contributed by atoms with E-state index in [0.29, 0.717) is 0 Å². The lowest BCUT2D eigenvalue weighted by Crippen LogP contribution is -1.99. The summed E-state index contributed by atoms with van der Waals surface area (Å²) < 4.78 is 0. The lowest BCUT2D eigenvalue weighted by molar-refractivity contribution is 0.505. The highest BCUT2D eigenvalue weighted by Gasteiger charge is 1.58. The molecule has 0 rings (SSSR count). The van der Waals surface area contributed by atoms with Gasteiger partial charge in [0.15, 0.2) is 0 Å². The topological polar surface area (TPSA) is 3.24 Å². The highest BCUT2D eigenvalue weighted by molar-refractivity contribution is 8.93. The molecule has 0 aromatic heterocycles. The second-order valence-corrected chi connectivity index (χ2v) is 1.34. The summed E-state index contributed by atoms with van der Waals surface area (Å²) in [6, 6.07) is 0. The molecule has 0 aromatic rings. The molecule has 0 aliphatic heterocycles. The molecule has 0 amide bonds. The van der Waals surface area contributed by atoms with Crippen LogP contribution >= 0.6 is 26.9 Å². The average molecular weight is 174 g/mol. The molecule has 0 aliphatic rings. The Bertz CT molecular complexity index is 15.5. The van der Waals surface area contributed by atoms with E-state index in [9.17, 15) is 0 Å². The first-order chi connectivity index (χ1) is 1.73. The van der Waals surface area contributed by atoms with Gasteiger partial charge in [0.05, 0.1) is 0 Å². The van der Waals surface area contributed by atoms with E-state index < -0.39 is 0 Å². The zero-order valence-corrected chi connectivity index (χ0v) is 7.69. The summed E-state index contributed by atoms with van der Waals surface area (Å²) in [6.45, 7) is 0. The molecule has 0 aliphatic carbocycles. The predicted octanol–water partition coefficient (Wildman–Crippen LogP) is 0.814. The van der Waals surface area contributed by atoms with Crippen LogP contribution in [-0.4, -0.2) is 26.0 Å². The van der Waals surface area contributed by atoms with Crippen molar-refractivity contribution < 1.29 is 0 Å². The van der Waals surface area contributed by atoms with Gasteiger partial charge in [-0.2, -0.15) is 9.90 Å². The van der Waals surface area contributed by atoms with Gasteiger partial charge in [-0.3, -0.25) is 0 Å². The fourth-order valence-electron chi connectivity index (χ4n) is 0. The second kappa shape index (κ2) is 9.30. The van der Waals surface area contributed by atoms with Gasteiger partial charge in [-0.15, -0.1) is 17.0 Å². The van der Waals surface area contributed by atoms with Crippen LogP contribution in [0.15, 0.2) is 0 Å². The predicted molar refractivity (Wildman–Crippen MR) is 41.0 cm³/mol. The molecule has 0 fully saturated rings. The zero-order valence-electron chi connectivity index (χ0n) is 4.56. The van der Waals surface area contributed by atoms with Crippen molar-refractivity contribution in [2.75, 3.05) is 21.1 Å². The molecule has 0 radical (unpaired) electrons. The maximum absolute atomic E-state index is 2.00. The van der Waals surface area contributed by atoms with Gasteiger partial charge in [0, 0.05) is 0 Å². The van der Waals surface area contributed by atoms with Crippen LogP contribution in [0, 0.1) is 0 Å². The molecule has 0 bridgehead atoms. The fraction of sp³-hybridized carbons (Fsp3) is 1.00. The number of hydrogen-bond acceptors (Lipinski definition) is 1. The van der Waals surface area contributed by atoms with Crippen LogP contribution in [0.1, 0.15) is 0 Å². The van der Waals surface area contributed by atoms with E-state index in [1.807, 2.05) is 26.0 Å². The van der Waals surface area contributed by atoms with Crippen molar-refractivity contribution in [3.63, 3.8) is 0 Å². The number of nitrogens with zero attached hydrogens (tertiary/aromatic N) is 1. The van der Waals surface area contributed by atoms with E-state index in [1.54, 1.807) is 0 Å². The van der Waals surface area contributed by atoms with Gasteiger partial charge in [0.1, 0.15) is 0 Å². The Balaban J connectivity index is -0.0000000450.